The van der Waals surface area contributed by atoms with Crippen LogP contribution in [0.2, 0.25) is 0 Å². The minimum absolute atomic E-state index is 0.309. The van der Waals surface area contributed by atoms with Gasteiger partial charge in [-0.1, -0.05) is 18.2 Å². The molecule has 0 radical (unpaired) electrons. The molecule has 3 heteroatoms. The van der Waals surface area contributed by atoms with Crippen LogP contribution >= 0.6 is 0 Å². The van der Waals surface area contributed by atoms with Gasteiger partial charge in [-0.25, -0.2) is 4.79 Å². The summed E-state index contributed by atoms with van der Waals surface area (Å²) >= 11 is 0. The van der Waals surface area contributed by atoms with Crippen LogP contribution in [0.4, 0.5) is 0 Å². The third-order valence-corrected chi connectivity index (χ3v) is 2.11. The summed E-state index contributed by atoms with van der Waals surface area (Å²) in [5, 5.41) is 0. The van der Waals surface area contributed by atoms with Crippen LogP contribution in [0.5, 0.6) is 5.75 Å². The number of fused-ring (bicyclic) bond motifs is 1. The van der Waals surface area contributed by atoms with Gasteiger partial charge < -0.3 is 9.47 Å². The lowest BCUT2D eigenvalue weighted by Crippen LogP contribution is -2.26. The van der Waals surface area contributed by atoms with E-state index in [2.05, 4.69) is 4.74 Å². The number of benzene rings is 1. The van der Waals surface area contributed by atoms with Crippen molar-refractivity contribution in [2.24, 2.45) is 0 Å². The van der Waals surface area contributed by atoms with E-state index >= 15 is 0 Å². The standard InChI is InChI=1S/C10H10O3/c1-12-10(11)9-6-7-4-2-3-5-8(7)13-9/h2-5,9H,6H2,1H3/t9-/m1/s1. The third-order valence-electron chi connectivity index (χ3n) is 2.11. The molecule has 13 heavy (non-hydrogen) atoms. The van der Waals surface area contributed by atoms with Crippen LogP contribution in [0.3, 0.4) is 0 Å². The lowest BCUT2D eigenvalue weighted by molar-refractivity contribution is -0.147. The fraction of sp³-hybridized carbons (Fsp3) is 0.300. The SMILES string of the molecule is COC(=O)[C@H]1Cc2ccccc2O1. The van der Waals surface area contributed by atoms with Crippen LogP contribution in [0.25, 0.3) is 0 Å². The molecule has 0 aliphatic carbocycles. The van der Waals surface area contributed by atoms with Crippen molar-refractivity contribution in [3.63, 3.8) is 0 Å². The summed E-state index contributed by atoms with van der Waals surface area (Å²) in [6.45, 7) is 0. The summed E-state index contributed by atoms with van der Waals surface area (Å²) < 4.78 is 9.99. The highest BCUT2D eigenvalue weighted by Gasteiger charge is 2.29. The molecular formula is C10H10O3. The van der Waals surface area contributed by atoms with E-state index in [9.17, 15) is 4.79 Å². The number of ether oxygens (including phenoxy) is 2. The lowest BCUT2D eigenvalue weighted by Gasteiger charge is -2.06. The predicted molar refractivity (Wildman–Crippen MR) is 46.6 cm³/mol. The minimum atomic E-state index is -0.456. The maximum atomic E-state index is 11.1. The number of rotatable bonds is 1. The first-order chi connectivity index (χ1) is 6.31. The van der Waals surface area contributed by atoms with Crippen molar-refractivity contribution in [2.75, 3.05) is 7.11 Å². The molecule has 0 saturated carbocycles. The number of para-hydroxylation sites is 1. The second-order valence-electron chi connectivity index (χ2n) is 2.94. The van der Waals surface area contributed by atoms with E-state index in [0.717, 1.165) is 11.3 Å². The number of carbonyl (C=O) groups is 1. The fourth-order valence-electron chi connectivity index (χ4n) is 1.44. The zero-order chi connectivity index (χ0) is 9.26. The van der Waals surface area contributed by atoms with Gasteiger partial charge in [0, 0.05) is 6.42 Å². The second kappa shape index (κ2) is 3.09. The van der Waals surface area contributed by atoms with E-state index < -0.39 is 6.10 Å². The van der Waals surface area contributed by atoms with Gasteiger partial charge in [-0.15, -0.1) is 0 Å². The van der Waals surface area contributed by atoms with Crippen LogP contribution in [0.15, 0.2) is 24.3 Å². The molecular weight excluding hydrogens is 168 g/mol. The largest absolute Gasteiger partial charge is 0.478 e. The Morgan fingerprint density at radius 1 is 1.54 bits per heavy atom. The number of carbonyl (C=O) groups excluding carboxylic acids is 1. The summed E-state index contributed by atoms with van der Waals surface area (Å²) in [5.74, 6) is 0.481. The molecule has 1 aromatic rings. The predicted octanol–water partition coefficient (Wildman–Crippen LogP) is 1.16. The van der Waals surface area contributed by atoms with E-state index in [0.29, 0.717) is 6.42 Å². The Labute approximate surface area is 76.3 Å². The first-order valence-corrected chi connectivity index (χ1v) is 4.13. The molecule has 1 atom stereocenters. The first-order valence-electron chi connectivity index (χ1n) is 4.13. The highest BCUT2D eigenvalue weighted by atomic mass is 16.6. The van der Waals surface area contributed by atoms with E-state index in [1.165, 1.54) is 7.11 Å². The summed E-state index contributed by atoms with van der Waals surface area (Å²) in [6.07, 6.45) is 0.158. The number of hydrogen-bond acceptors (Lipinski definition) is 3. The molecule has 0 fully saturated rings. The Kier molecular flexibility index (Phi) is 1.93. The van der Waals surface area contributed by atoms with Crippen LogP contribution in [0, 0.1) is 0 Å². The van der Waals surface area contributed by atoms with Gasteiger partial charge in [-0.3, -0.25) is 0 Å². The van der Waals surface area contributed by atoms with Gasteiger partial charge in [-0.2, -0.15) is 0 Å². The first kappa shape index (κ1) is 8.10. The zero-order valence-corrected chi connectivity index (χ0v) is 7.32. The average Bonchev–Trinajstić information content (AvgIpc) is 2.59. The highest BCUT2D eigenvalue weighted by molar-refractivity contribution is 5.76. The van der Waals surface area contributed by atoms with E-state index in [4.69, 9.17) is 4.74 Å². The Morgan fingerprint density at radius 3 is 3.00 bits per heavy atom. The molecule has 68 valence electrons. The monoisotopic (exact) mass is 178 g/mol. The van der Waals surface area contributed by atoms with Gasteiger partial charge in [0.25, 0.3) is 0 Å². The molecule has 0 amide bonds. The molecule has 0 N–H and O–H groups in total. The van der Waals surface area contributed by atoms with E-state index in [-0.39, 0.29) is 5.97 Å². The normalized spacial score (nSPS) is 19.0. The molecule has 0 spiro atoms. The quantitative estimate of drug-likeness (QED) is 0.605. The highest BCUT2D eigenvalue weighted by Crippen LogP contribution is 2.28. The molecule has 0 aromatic heterocycles. The van der Waals surface area contributed by atoms with E-state index in [1.807, 2.05) is 24.3 Å². The fourth-order valence-corrected chi connectivity index (χ4v) is 1.44. The van der Waals surface area contributed by atoms with Gasteiger partial charge in [0.05, 0.1) is 7.11 Å². The summed E-state index contributed by atoms with van der Waals surface area (Å²) in [7, 11) is 1.37. The molecule has 2 rings (SSSR count). The molecule has 1 aliphatic heterocycles. The number of methoxy groups -OCH3 is 1. The number of esters is 1. The van der Waals surface area contributed by atoms with Crippen LogP contribution < -0.4 is 4.74 Å². The van der Waals surface area contributed by atoms with Crippen molar-refractivity contribution in [3.05, 3.63) is 29.8 Å². The van der Waals surface area contributed by atoms with Crippen LogP contribution in [-0.4, -0.2) is 19.2 Å². The van der Waals surface area contributed by atoms with Gasteiger partial charge >= 0.3 is 5.97 Å². The molecule has 1 aromatic carbocycles. The minimum Gasteiger partial charge on any atom is -0.478 e. The maximum Gasteiger partial charge on any atom is 0.347 e. The van der Waals surface area contributed by atoms with Crippen molar-refractivity contribution in [1.82, 2.24) is 0 Å². The summed E-state index contributed by atoms with van der Waals surface area (Å²) in [5.41, 5.74) is 1.07. The van der Waals surface area contributed by atoms with Gasteiger partial charge in [-0.05, 0) is 11.6 Å². The molecule has 0 unspecified atom stereocenters. The van der Waals surface area contributed by atoms with E-state index in [1.54, 1.807) is 0 Å². The van der Waals surface area contributed by atoms with Gasteiger partial charge in [0.1, 0.15) is 5.75 Å². The second-order valence-corrected chi connectivity index (χ2v) is 2.94. The third kappa shape index (κ3) is 1.37. The zero-order valence-electron chi connectivity index (χ0n) is 7.32. The molecule has 1 heterocycles. The van der Waals surface area contributed by atoms with Crippen molar-refractivity contribution >= 4 is 5.97 Å². The molecule has 0 saturated heterocycles. The molecule has 1 aliphatic rings. The summed E-state index contributed by atoms with van der Waals surface area (Å²) in [4.78, 5) is 11.1. The Hall–Kier alpha value is -1.51. The van der Waals surface area contributed by atoms with Crippen LogP contribution in [0.1, 0.15) is 5.56 Å². The van der Waals surface area contributed by atoms with Crippen LogP contribution in [-0.2, 0) is 16.0 Å². The van der Waals surface area contributed by atoms with Crippen molar-refractivity contribution in [2.45, 2.75) is 12.5 Å². The number of hydrogen-bond donors (Lipinski definition) is 0. The average molecular weight is 178 g/mol. The van der Waals surface area contributed by atoms with Crippen molar-refractivity contribution < 1.29 is 14.3 Å². The van der Waals surface area contributed by atoms with Crippen molar-refractivity contribution in [1.29, 1.82) is 0 Å². The van der Waals surface area contributed by atoms with Crippen molar-refractivity contribution in [3.8, 4) is 5.75 Å². The topological polar surface area (TPSA) is 35.5 Å². The maximum absolute atomic E-state index is 11.1. The Bertz CT molecular complexity index is 308. The van der Waals surface area contributed by atoms with Gasteiger partial charge in [0.2, 0.25) is 0 Å². The Morgan fingerprint density at radius 2 is 2.31 bits per heavy atom. The summed E-state index contributed by atoms with van der Waals surface area (Å²) in [6, 6.07) is 7.64. The lowest BCUT2D eigenvalue weighted by atomic mass is 10.1. The smallest absolute Gasteiger partial charge is 0.347 e. The Balaban J connectivity index is 2.18. The molecule has 0 bridgehead atoms. The molecule has 3 nitrogen and oxygen atoms in total. The van der Waals surface area contributed by atoms with Gasteiger partial charge in [0.15, 0.2) is 6.10 Å².